The summed E-state index contributed by atoms with van der Waals surface area (Å²) in [5.74, 6) is 2.01. The fraction of sp³-hybridized carbons (Fsp3) is 0.375. The molecule has 7 nitrogen and oxygen atoms in total. The van der Waals surface area contributed by atoms with E-state index in [1.54, 1.807) is 12.4 Å². The van der Waals surface area contributed by atoms with Crippen LogP contribution in [-0.4, -0.2) is 31.8 Å². The van der Waals surface area contributed by atoms with Crippen molar-refractivity contribution in [1.29, 1.82) is 0 Å². The second kappa shape index (κ2) is 5.92. The fourth-order valence-electron chi connectivity index (χ4n) is 2.98. The molecule has 0 N–H and O–H groups in total. The van der Waals surface area contributed by atoms with E-state index in [-0.39, 0.29) is 6.04 Å². The van der Waals surface area contributed by atoms with Crippen molar-refractivity contribution in [1.82, 2.24) is 25.2 Å². The lowest BCUT2D eigenvalue weighted by atomic mass is 10.1. The molecule has 0 aliphatic carbocycles. The Morgan fingerprint density at radius 1 is 1.35 bits per heavy atom. The second-order valence-corrected chi connectivity index (χ2v) is 5.74. The highest BCUT2D eigenvalue weighted by molar-refractivity contribution is 5.49. The Bertz CT molecular complexity index is 783. The molecule has 0 aromatic carbocycles. The van der Waals surface area contributed by atoms with Gasteiger partial charge >= 0.3 is 0 Å². The van der Waals surface area contributed by atoms with Crippen LogP contribution in [0.1, 0.15) is 36.2 Å². The maximum atomic E-state index is 5.77. The predicted molar refractivity (Wildman–Crippen MR) is 81.2 cm³/mol. The van der Waals surface area contributed by atoms with Gasteiger partial charge in [-0.15, -0.1) is 10.2 Å². The van der Waals surface area contributed by atoms with Gasteiger partial charge in [-0.05, 0) is 38.4 Å². The fourth-order valence-corrected chi connectivity index (χ4v) is 2.98. The molecule has 1 aliphatic rings. The molecule has 0 amide bonds. The lowest BCUT2D eigenvalue weighted by Gasteiger charge is -2.19. The van der Waals surface area contributed by atoms with Crippen LogP contribution in [0.25, 0.3) is 11.5 Å². The van der Waals surface area contributed by atoms with Crippen molar-refractivity contribution >= 4 is 0 Å². The molecule has 0 saturated carbocycles. The first-order chi connectivity index (χ1) is 11.3. The third-order valence-corrected chi connectivity index (χ3v) is 4.05. The van der Waals surface area contributed by atoms with Gasteiger partial charge in [0, 0.05) is 18.5 Å². The van der Waals surface area contributed by atoms with Gasteiger partial charge in [-0.25, -0.2) is 0 Å². The summed E-state index contributed by atoms with van der Waals surface area (Å²) in [5.41, 5.74) is 1.73. The lowest BCUT2D eigenvalue weighted by molar-refractivity contribution is 0.190. The van der Waals surface area contributed by atoms with E-state index in [0.29, 0.717) is 18.3 Å². The van der Waals surface area contributed by atoms with E-state index < -0.39 is 0 Å². The number of rotatable bonds is 4. The summed E-state index contributed by atoms with van der Waals surface area (Å²) in [6, 6.07) is 5.98. The van der Waals surface area contributed by atoms with Crippen LogP contribution < -0.4 is 0 Å². The predicted octanol–water partition coefficient (Wildman–Crippen LogP) is 2.77. The highest BCUT2D eigenvalue weighted by Gasteiger charge is 2.30. The molecule has 4 heterocycles. The number of pyridine rings is 1. The van der Waals surface area contributed by atoms with Crippen molar-refractivity contribution in [3.8, 4) is 11.5 Å². The van der Waals surface area contributed by atoms with Gasteiger partial charge in [-0.3, -0.25) is 9.88 Å². The summed E-state index contributed by atoms with van der Waals surface area (Å²) >= 11 is 0. The number of aryl methyl sites for hydroxylation is 1. The van der Waals surface area contributed by atoms with Crippen LogP contribution >= 0.6 is 0 Å². The highest BCUT2D eigenvalue weighted by Crippen LogP contribution is 2.33. The third kappa shape index (κ3) is 2.87. The van der Waals surface area contributed by atoms with Crippen molar-refractivity contribution in [3.05, 3.63) is 47.9 Å². The zero-order valence-corrected chi connectivity index (χ0v) is 12.8. The molecule has 0 unspecified atom stereocenters. The number of aromatic nitrogens is 4. The summed E-state index contributed by atoms with van der Waals surface area (Å²) < 4.78 is 11.2. The smallest absolute Gasteiger partial charge is 0.249 e. The number of hydrogen-bond donors (Lipinski definition) is 0. The van der Waals surface area contributed by atoms with Gasteiger partial charge in [0.1, 0.15) is 0 Å². The van der Waals surface area contributed by atoms with E-state index in [1.807, 2.05) is 25.1 Å². The summed E-state index contributed by atoms with van der Waals surface area (Å²) in [5, 5.41) is 12.3. The maximum absolute atomic E-state index is 5.77. The molecular weight excluding hydrogens is 294 g/mol. The Hall–Kier alpha value is -2.54. The minimum absolute atomic E-state index is 0.227. The molecule has 118 valence electrons. The molecule has 1 fully saturated rings. The Kier molecular flexibility index (Phi) is 3.63. The van der Waals surface area contributed by atoms with Gasteiger partial charge in [0.25, 0.3) is 0 Å². The van der Waals surface area contributed by atoms with Gasteiger partial charge in [0.15, 0.2) is 5.76 Å². The summed E-state index contributed by atoms with van der Waals surface area (Å²) in [6.45, 7) is 3.52. The Morgan fingerprint density at radius 3 is 3.09 bits per heavy atom. The van der Waals surface area contributed by atoms with Gasteiger partial charge in [0.05, 0.1) is 23.8 Å². The summed E-state index contributed by atoms with van der Waals surface area (Å²) in [6.07, 6.45) is 5.61. The first-order valence-corrected chi connectivity index (χ1v) is 7.69. The molecule has 0 radical (unpaired) electrons. The van der Waals surface area contributed by atoms with E-state index in [4.69, 9.17) is 8.94 Å². The van der Waals surface area contributed by atoms with E-state index >= 15 is 0 Å². The third-order valence-electron chi connectivity index (χ3n) is 4.05. The molecule has 23 heavy (non-hydrogen) atoms. The summed E-state index contributed by atoms with van der Waals surface area (Å²) in [4.78, 5) is 6.36. The molecule has 7 heteroatoms. The molecule has 3 aromatic rings. The Balaban J connectivity index is 1.50. The lowest BCUT2D eigenvalue weighted by Crippen LogP contribution is -2.22. The van der Waals surface area contributed by atoms with Crippen LogP contribution in [0.2, 0.25) is 0 Å². The first kappa shape index (κ1) is 14.1. The normalized spacial score (nSPS) is 18.6. The molecule has 0 spiro atoms. The molecule has 1 saturated heterocycles. The van der Waals surface area contributed by atoms with Gasteiger partial charge in [-0.1, -0.05) is 5.16 Å². The summed E-state index contributed by atoms with van der Waals surface area (Å²) in [7, 11) is 0. The molecule has 0 bridgehead atoms. The van der Waals surface area contributed by atoms with Crippen molar-refractivity contribution in [2.75, 3.05) is 6.54 Å². The Morgan fingerprint density at radius 2 is 2.30 bits per heavy atom. The van der Waals surface area contributed by atoms with E-state index in [1.165, 1.54) is 0 Å². The van der Waals surface area contributed by atoms with Crippen LogP contribution in [0, 0.1) is 6.92 Å². The van der Waals surface area contributed by atoms with Gasteiger partial charge < -0.3 is 8.94 Å². The minimum atomic E-state index is 0.227. The highest BCUT2D eigenvalue weighted by atomic mass is 16.5. The minimum Gasteiger partial charge on any atom is -0.419 e. The van der Waals surface area contributed by atoms with Crippen LogP contribution in [-0.2, 0) is 6.54 Å². The quantitative estimate of drug-likeness (QED) is 0.732. The topological polar surface area (TPSA) is 81.1 Å². The van der Waals surface area contributed by atoms with Crippen LogP contribution in [0.5, 0.6) is 0 Å². The maximum Gasteiger partial charge on any atom is 0.249 e. The second-order valence-electron chi connectivity index (χ2n) is 5.74. The van der Waals surface area contributed by atoms with Crippen LogP contribution in [0.4, 0.5) is 0 Å². The standard InChI is InChI=1S/C16H17N5O2/c1-11-8-14(23-20-11)13-5-3-7-21(13)10-15-18-19-16(22-15)12-4-2-6-17-9-12/h2,4,6,8-9,13H,3,5,7,10H2,1H3/t13-/m1/s1. The molecule has 4 rings (SSSR count). The Labute approximate surface area is 133 Å². The van der Waals surface area contributed by atoms with Crippen LogP contribution in [0.3, 0.4) is 0 Å². The zero-order chi connectivity index (χ0) is 15.6. The van der Waals surface area contributed by atoms with E-state index in [2.05, 4.69) is 25.2 Å². The van der Waals surface area contributed by atoms with Crippen molar-refractivity contribution < 1.29 is 8.94 Å². The van der Waals surface area contributed by atoms with E-state index in [0.717, 1.165) is 36.4 Å². The first-order valence-electron chi connectivity index (χ1n) is 7.69. The van der Waals surface area contributed by atoms with Crippen molar-refractivity contribution in [2.45, 2.75) is 32.4 Å². The largest absolute Gasteiger partial charge is 0.419 e. The molecule has 3 aromatic heterocycles. The van der Waals surface area contributed by atoms with Crippen molar-refractivity contribution in [3.63, 3.8) is 0 Å². The van der Waals surface area contributed by atoms with Gasteiger partial charge in [-0.2, -0.15) is 0 Å². The average Bonchev–Trinajstić information content (AvgIpc) is 3.29. The SMILES string of the molecule is Cc1cc([C@H]2CCCN2Cc2nnc(-c3cccnc3)o2)on1. The monoisotopic (exact) mass is 311 g/mol. The van der Waals surface area contributed by atoms with Gasteiger partial charge in [0.2, 0.25) is 11.8 Å². The number of hydrogen-bond acceptors (Lipinski definition) is 7. The van der Waals surface area contributed by atoms with Crippen LogP contribution in [0.15, 0.2) is 39.5 Å². The van der Waals surface area contributed by atoms with Crippen molar-refractivity contribution in [2.24, 2.45) is 0 Å². The molecule has 1 atom stereocenters. The number of nitrogens with zero attached hydrogens (tertiary/aromatic N) is 5. The van der Waals surface area contributed by atoms with E-state index in [9.17, 15) is 0 Å². The molecular formula is C16H17N5O2. The number of likely N-dealkylation sites (tertiary alicyclic amines) is 1. The molecule has 1 aliphatic heterocycles. The zero-order valence-electron chi connectivity index (χ0n) is 12.8. The average molecular weight is 311 g/mol.